The standard InChI is InChI=1S/C10H13BrOS/c1-3-4-5-10(2,12)8-6-13-7-9(8)11/h3,6-7,12H,1,4-5H2,2H3. The molecular weight excluding hydrogens is 248 g/mol. The highest BCUT2D eigenvalue weighted by atomic mass is 79.9. The first-order valence-electron chi connectivity index (χ1n) is 4.13. The van der Waals surface area contributed by atoms with E-state index in [-0.39, 0.29) is 0 Å². The van der Waals surface area contributed by atoms with Crippen LogP contribution in [-0.2, 0) is 5.60 Å². The Labute approximate surface area is 91.2 Å². The molecule has 1 unspecified atom stereocenters. The van der Waals surface area contributed by atoms with Gasteiger partial charge in [0.05, 0.1) is 5.60 Å². The summed E-state index contributed by atoms with van der Waals surface area (Å²) in [5.41, 5.74) is 0.229. The molecule has 1 aromatic heterocycles. The fourth-order valence-corrected chi connectivity index (χ4v) is 3.03. The number of allylic oxidation sites excluding steroid dienone is 1. The molecule has 0 fully saturated rings. The first-order valence-corrected chi connectivity index (χ1v) is 5.87. The summed E-state index contributed by atoms with van der Waals surface area (Å²) in [6, 6.07) is 0. The van der Waals surface area contributed by atoms with E-state index in [4.69, 9.17) is 0 Å². The molecule has 0 aromatic carbocycles. The lowest BCUT2D eigenvalue weighted by Crippen LogP contribution is -2.20. The fourth-order valence-electron chi connectivity index (χ4n) is 1.18. The third kappa shape index (κ3) is 2.66. The van der Waals surface area contributed by atoms with Gasteiger partial charge in [0, 0.05) is 15.4 Å². The van der Waals surface area contributed by atoms with Crippen molar-refractivity contribution in [2.45, 2.75) is 25.4 Å². The number of hydrogen-bond donors (Lipinski definition) is 1. The largest absolute Gasteiger partial charge is 0.385 e. The van der Waals surface area contributed by atoms with E-state index in [2.05, 4.69) is 22.5 Å². The monoisotopic (exact) mass is 260 g/mol. The molecule has 1 N–H and O–H groups in total. The zero-order valence-electron chi connectivity index (χ0n) is 7.59. The van der Waals surface area contributed by atoms with Crippen LogP contribution in [-0.4, -0.2) is 5.11 Å². The predicted molar refractivity (Wildman–Crippen MR) is 61.0 cm³/mol. The maximum Gasteiger partial charge on any atom is 0.0890 e. The maximum absolute atomic E-state index is 10.1. The molecule has 1 aromatic rings. The van der Waals surface area contributed by atoms with E-state index in [0.29, 0.717) is 6.42 Å². The molecule has 0 bridgehead atoms. The zero-order chi connectivity index (χ0) is 9.90. The van der Waals surface area contributed by atoms with E-state index >= 15 is 0 Å². The molecule has 0 radical (unpaired) electrons. The highest BCUT2D eigenvalue weighted by Crippen LogP contribution is 2.34. The van der Waals surface area contributed by atoms with Gasteiger partial charge in [-0.1, -0.05) is 6.08 Å². The lowest BCUT2D eigenvalue weighted by molar-refractivity contribution is 0.0485. The van der Waals surface area contributed by atoms with Crippen molar-refractivity contribution in [2.24, 2.45) is 0 Å². The van der Waals surface area contributed by atoms with Gasteiger partial charge >= 0.3 is 0 Å². The Kier molecular flexibility index (Phi) is 3.71. The first kappa shape index (κ1) is 11.0. The van der Waals surface area contributed by atoms with Gasteiger partial charge in [-0.25, -0.2) is 0 Å². The van der Waals surface area contributed by atoms with E-state index in [0.717, 1.165) is 16.5 Å². The van der Waals surface area contributed by atoms with Crippen molar-refractivity contribution in [2.75, 3.05) is 0 Å². The van der Waals surface area contributed by atoms with E-state index in [9.17, 15) is 5.11 Å². The van der Waals surface area contributed by atoms with Gasteiger partial charge in [0.2, 0.25) is 0 Å². The Morgan fingerprint density at radius 2 is 2.38 bits per heavy atom. The topological polar surface area (TPSA) is 20.2 Å². The van der Waals surface area contributed by atoms with Crippen molar-refractivity contribution in [3.8, 4) is 0 Å². The molecule has 1 heterocycles. The van der Waals surface area contributed by atoms with Gasteiger partial charge in [-0.15, -0.1) is 6.58 Å². The quantitative estimate of drug-likeness (QED) is 0.819. The second kappa shape index (κ2) is 4.40. The van der Waals surface area contributed by atoms with Crippen LogP contribution in [0.25, 0.3) is 0 Å². The van der Waals surface area contributed by atoms with Gasteiger partial charge < -0.3 is 5.11 Å². The molecule has 0 aliphatic heterocycles. The van der Waals surface area contributed by atoms with Crippen molar-refractivity contribution in [3.05, 3.63) is 33.5 Å². The van der Waals surface area contributed by atoms with E-state index in [1.54, 1.807) is 11.3 Å². The van der Waals surface area contributed by atoms with Crippen LogP contribution in [0.4, 0.5) is 0 Å². The van der Waals surface area contributed by atoms with Gasteiger partial charge in [0.1, 0.15) is 0 Å². The first-order chi connectivity index (χ1) is 6.08. The summed E-state index contributed by atoms with van der Waals surface area (Å²) in [6.07, 6.45) is 3.37. The minimum atomic E-state index is -0.743. The molecule has 1 atom stereocenters. The zero-order valence-corrected chi connectivity index (χ0v) is 9.99. The Morgan fingerprint density at radius 1 is 1.69 bits per heavy atom. The normalized spacial score (nSPS) is 15.3. The molecule has 72 valence electrons. The summed E-state index contributed by atoms with van der Waals surface area (Å²) >= 11 is 5.01. The van der Waals surface area contributed by atoms with E-state index in [1.807, 2.05) is 23.8 Å². The maximum atomic E-state index is 10.1. The number of hydrogen-bond acceptors (Lipinski definition) is 2. The highest BCUT2D eigenvalue weighted by Gasteiger charge is 2.24. The van der Waals surface area contributed by atoms with Gasteiger partial charge in [0.15, 0.2) is 0 Å². The molecule has 0 aliphatic carbocycles. The smallest absolute Gasteiger partial charge is 0.0890 e. The second-order valence-electron chi connectivity index (χ2n) is 3.23. The lowest BCUT2D eigenvalue weighted by Gasteiger charge is -2.22. The second-order valence-corrected chi connectivity index (χ2v) is 4.83. The van der Waals surface area contributed by atoms with Crippen molar-refractivity contribution in [1.29, 1.82) is 0 Å². The van der Waals surface area contributed by atoms with Gasteiger partial charge in [-0.05, 0) is 41.1 Å². The number of thiophene rings is 1. The van der Waals surface area contributed by atoms with Crippen LogP contribution in [0, 0.1) is 0 Å². The Balaban J connectivity index is 2.80. The molecule has 0 spiro atoms. The molecule has 0 aliphatic rings. The molecular formula is C10H13BrOS. The van der Waals surface area contributed by atoms with Gasteiger partial charge in [-0.3, -0.25) is 0 Å². The van der Waals surface area contributed by atoms with Crippen LogP contribution in [0.2, 0.25) is 0 Å². The van der Waals surface area contributed by atoms with E-state index in [1.165, 1.54) is 0 Å². The summed E-state index contributed by atoms with van der Waals surface area (Å²) in [6.45, 7) is 5.48. The molecule has 0 saturated heterocycles. The molecule has 1 rings (SSSR count). The molecule has 13 heavy (non-hydrogen) atoms. The third-order valence-electron chi connectivity index (χ3n) is 2.03. The molecule has 1 nitrogen and oxygen atoms in total. The average molecular weight is 261 g/mol. The summed E-state index contributed by atoms with van der Waals surface area (Å²) < 4.78 is 0.992. The Hall–Kier alpha value is -0.120. The van der Waals surface area contributed by atoms with E-state index < -0.39 is 5.60 Å². The third-order valence-corrected chi connectivity index (χ3v) is 3.73. The van der Waals surface area contributed by atoms with Crippen molar-refractivity contribution in [3.63, 3.8) is 0 Å². The fraction of sp³-hybridized carbons (Fsp3) is 0.400. The number of halogens is 1. The minimum absolute atomic E-state index is 0.714. The molecule has 0 amide bonds. The van der Waals surface area contributed by atoms with Crippen LogP contribution < -0.4 is 0 Å². The van der Waals surface area contributed by atoms with Gasteiger partial charge in [0.25, 0.3) is 0 Å². The summed E-state index contributed by atoms with van der Waals surface area (Å²) in [4.78, 5) is 0. The summed E-state index contributed by atoms with van der Waals surface area (Å²) in [7, 11) is 0. The summed E-state index contributed by atoms with van der Waals surface area (Å²) in [5, 5.41) is 14.1. The molecule has 3 heteroatoms. The SMILES string of the molecule is C=CCCC(C)(O)c1cscc1Br. The lowest BCUT2D eigenvalue weighted by atomic mass is 9.94. The van der Waals surface area contributed by atoms with Crippen molar-refractivity contribution in [1.82, 2.24) is 0 Å². The van der Waals surface area contributed by atoms with Crippen LogP contribution in [0.5, 0.6) is 0 Å². The Bertz CT molecular complexity index is 291. The minimum Gasteiger partial charge on any atom is -0.385 e. The van der Waals surface area contributed by atoms with Crippen molar-refractivity contribution < 1.29 is 5.11 Å². The predicted octanol–water partition coefficient (Wildman–Crippen LogP) is 3.68. The Morgan fingerprint density at radius 3 is 2.85 bits per heavy atom. The number of aliphatic hydroxyl groups is 1. The van der Waals surface area contributed by atoms with Crippen LogP contribution in [0.3, 0.4) is 0 Å². The summed E-state index contributed by atoms with van der Waals surface area (Å²) in [5.74, 6) is 0. The number of rotatable bonds is 4. The van der Waals surface area contributed by atoms with Gasteiger partial charge in [-0.2, -0.15) is 11.3 Å². The average Bonchev–Trinajstić information content (AvgIpc) is 2.48. The van der Waals surface area contributed by atoms with Crippen LogP contribution >= 0.6 is 27.3 Å². The highest BCUT2D eigenvalue weighted by molar-refractivity contribution is 9.10. The van der Waals surface area contributed by atoms with Crippen LogP contribution in [0.15, 0.2) is 27.9 Å². The molecule has 0 saturated carbocycles. The van der Waals surface area contributed by atoms with Crippen LogP contribution in [0.1, 0.15) is 25.3 Å². The van der Waals surface area contributed by atoms with Crippen molar-refractivity contribution >= 4 is 27.3 Å².